The van der Waals surface area contributed by atoms with Crippen molar-refractivity contribution >= 4 is 33.3 Å². The van der Waals surface area contributed by atoms with Crippen molar-refractivity contribution in [3.05, 3.63) is 24.4 Å². The van der Waals surface area contributed by atoms with Gasteiger partial charge in [-0.25, -0.2) is 18.1 Å². The van der Waals surface area contributed by atoms with Crippen molar-refractivity contribution in [1.82, 2.24) is 14.1 Å². The fourth-order valence-corrected chi connectivity index (χ4v) is 3.40. The number of nitrogens with zero attached hydrogens (tertiary/aromatic N) is 2. The molecule has 0 radical (unpaired) electrons. The second-order valence-corrected chi connectivity index (χ2v) is 8.22. The zero-order valence-corrected chi connectivity index (χ0v) is 13.3. The highest BCUT2D eigenvalue weighted by Gasteiger charge is 2.26. The van der Waals surface area contributed by atoms with Gasteiger partial charge in [0.15, 0.2) is 10.8 Å². The normalized spacial score (nSPS) is 12.9. The predicted molar refractivity (Wildman–Crippen MR) is 82.4 cm³/mol. The molecule has 3 N–H and O–H groups in total. The smallest absolute Gasteiger partial charge is 0.260 e. The van der Waals surface area contributed by atoms with Gasteiger partial charge >= 0.3 is 0 Å². The van der Waals surface area contributed by atoms with E-state index in [1.54, 1.807) is 36.2 Å². The Morgan fingerprint density at radius 3 is 2.80 bits per heavy atom. The van der Waals surface area contributed by atoms with Gasteiger partial charge < -0.3 is 5.73 Å². The van der Waals surface area contributed by atoms with E-state index >= 15 is 0 Å². The van der Waals surface area contributed by atoms with Gasteiger partial charge in [0.2, 0.25) is 0 Å². The van der Waals surface area contributed by atoms with Crippen molar-refractivity contribution in [2.75, 3.05) is 18.5 Å². The van der Waals surface area contributed by atoms with Crippen LogP contribution in [0.3, 0.4) is 0 Å². The average Bonchev–Trinajstić information content (AvgIpc) is 2.73. The van der Waals surface area contributed by atoms with E-state index in [2.05, 4.69) is 9.71 Å². The van der Waals surface area contributed by atoms with E-state index in [0.717, 1.165) is 0 Å². The molecule has 0 atom stereocenters. The molecule has 110 valence electrons. The van der Waals surface area contributed by atoms with E-state index in [9.17, 15) is 8.42 Å². The van der Waals surface area contributed by atoms with E-state index in [4.69, 9.17) is 5.73 Å². The molecule has 0 aliphatic heterocycles. The van der Waals surface area contributed by atoms with Crippen LogP contribution < -0.4 is 10.5 Å². The van der Waals surface area contributed by atoms with Crippen molar-refractivity contribution in [3.63, 3.8) is 0 Å². The van der Waals surface area contributed by atoms with Crippen LogP contribution in [-0.4, -0.2) is 35.4 Å². The number of nitrogens with two attached hydrogens (primary N) is 1. The molecule has 0 saturated carbocycles. The van der Waals surface area contributed by atoms with Gasteiger partial charge in [0.1, 0.15) is 5.65 Å². The number of aromatic nitrogens is 2. The molecule has 20 heavy (non-hydrogen) atoms. The number of hydrogen-bond acceptors (Lipinski definition) is 5. The number of nitrogens with one attached hydrogen (secondary N) is 1. The number of sulfonamides is 1. The Morgan fingerprint density at radius 2 is 2.15 bits per heavy atom. The van der Waals surface area contributed by atoms with Crippen LogP contribution in [0, 0.1) is 0 Å². The van der Waals surface area contributed by atoms with Crippen LogP contribution in [0.1, 0.15) is 13.8 Å². The van der Waals surface area contributed by atoms with Crippen LogP contribution in [0.2, 0.25) is 0 Å². The van der Waals surface area contributed by atoms with Crippen LogP contribution in [0.25, 0.3) is 5.65 Å². The summed E-state index contributed by atoms with van der Waals surface area (Å²) in [6, 6.07) is 5.22. The van der Waals surface area contributed by atoms with Gasteiger partial charge in [-0.2, -0.15) is 11.8 Å². The summed E-state index contributed by atoms with van der Waals surface area (Å²) in [7, 11) is -3.71. The summed E-state index contributed by atoms with van der Waals surface area (Å²) in [5.74, 6) is 0.00524. The molecule has 0 bridgehead atoms. The number of rotatable bonds is 5. The number of imidazole rings is 1. The minimum Gasteiger partial charge on any atom is -0.381 e. The molecule has 0 aliphatic carbocycles. The topological polar surface area (TPSA) is 89.5 Å². The van der Waals surface area contributed by atoms with Crippen LogP contribution in [-0.2, 0) is 10.0 Å². The molecule has 0 spiro atoms. The molecular formula is C12H18N4O2S2. The fourth-order valence-electron chi connectivity index (χ4n) is 1.67. The molecule has 0 unspecified atom stereocenters. The second-order valence-electron chi connectivity index (χ2n) is 5.02. The minimum absolute atomic E-state index is 0.00524. The monoisotopic (exact) mass is 314 g/mol. The maximum atomic E-state index is 12.4. The van der Waals surface area contributed by atoms with Crippen molar-refractivity contribution in [1.29, 1.82) is 0 Å². The van der Waals surface area contributed by atoms with E-state index in [0.29, 0.717) is 12.2 Å². The van der Waals surface area contributed by atoms with Gasteiger partial charge in [-0.3, -0.25) is 4.40 Å². The summed E-state index contributed by atoms with van der Waals surface area (Å²) in [6.45, 7) is 4.26. The Labute approximate surface area is 122 Å². The summed E-state index contributed by atoms with van der Waals surface area (Å²) >= 11 is 1.59. The summed E-state index contributed by atoms with van der Waals surface area (Å²) in [5, 5.41) is -0.00926. The average molecular weight is 314 g/mol. The predicted octanol–water partition coefficient (Wildman–Crippen LogP) is 1.34. The number of hydrogen-bond donors (Lipinski definition) is 2. The Hall–Kier alpha value is -1.25. The number of nitrogen functional groups attached to an aromatic ring is 1. The number of fused-ring (bicyclic) bond motifs is 1. The van der Waals surface area contributed by atoms with Gasteiger partial charge in [0.25, 0.3) is 10.0 Å². The molecule has 2 aromatic rings. The lowest BCUT2D eigenvalue weighted by molar-refractivity contribution is 0.566. The van der Waals surface area contributed by atoms with E-state index in [-0.39, 0.29) is 15.6 Å². The van der Waals surface area contributed by atoms with E-state index in [1.165, 1.54) is 4.40 Å². The Kier molecular flexibility index (Phi) is 3.99. The summed E-state index contributed by atoms with van der Waals surface area (Å²) in [5.41, 5.74) is 6.26. The first kappa shape index (κ1) is 15.1. The lowest BCUT2D eigenvalue weighted by atomic mass is 10.2. The highest BCUT2D eigenvalue weighted by Crippen LogP contribution is 2.23. The quantitative estimate of drug-likeness (QED) is 0.869. The maximum absolute atomic E-state index is 12.4. The lowest BCUT2D eigenvalue weighted by Gasteiger charge is -2.22. The van der Waals surface area contributed by atoms with Crippen molar-refractivity contribution in [3.8, 4) is 0 Å². The first-order valence-electron chi connectivity index (χ1n) is 6.04. The summed E-state index contributed by atoms with van der Waals surface area (Å²) in [4.78, 5) is 4.06. The third kappa shape index (κ3) is 2.92. The largest absolute Gasteiger partial charge is 0.381 e. The molecule has 0 aromatic carbocycles. The van der Waals surface area contributed by atoms with Crippen molar-refractivity contribution < 1.29 is 8.42 Å². The molecule has 2 heterocycles. The Morgan fingerprint density at radius 1 is 1.45 bits per heavy atom. The molecule has 0 saturated heterocycles. The molecule has 8 heteroatoms. The number of anilines is 1. The third-order valence-electron chi connectivity index (χ3n) is 3.01. The number of thioether (sulfide) groups is 1. The molecule has 0 amide bonds. The second kappa shape index (κ2) is 5.27. The number of pyridine rings is 1. The molecule has 6 nitrogen and oxygen atoms in total. The molecule has 2 rings (SSSR count). The van der Waals surface area contributed by atoms with E-state index < -0.39 is 10.0 Å². The SMILES string of the molecule is CSC(C)(C)CNS(=O)(=O)c1c(N)nc2ccccn12. The highest BCUT2D eigenvalue weighted by atomic mass is 32.2. The zero-order valence-electron chi connectivity index (χ0n) is 11.6. The van der Waals surface area contributed by atoms with Gasteiger partial charge in [-0.1, -0.05) is 6.07 Å². The fraction of sp³-hybridized carbons (Fsp3) is 0.417. The van der Waals surface area contributed by atoms with Crippen molar-refractivity contribution in [2.24, 2.45) is 0 Å². The minimum atomic E-state index is -3.71. The molecular weight excluding hydrogens is 296 g/mol. The van der Waals surface area contributed by atoms with Crippen LogP contribution in [0.15, 0.2) is 29.4 Å². The summed E-state index contributed by atoms with van der Waals surface area (Å²) in [6.07, 6.45) is 3.57. The first-order valence-corrected chi connectivity index (χ1v) is 8.75. The highest BCUT2D eigenvalue weighted by molar-refractivity contribution is 8.00. The summed E-state index contributed by atoms with van der Waals surface area (Å²) < 4.78 is 28.7. The standard InChI is InChI=1S/C12H18N4O2S2/c1-12(2,19-3)8-14-20(17,18)11-10(13)15-9-6-4-5-7-16(9)11/h4-7,14H,8,13H2,1-3H3. The van der Waals surface area contributed by atoms with E-state index in [1.807, 2.05) is 20.1 Å². The molecule has 2 aromatic heterocycles. The Balaban J connectivity index is 2.40. The van der Waals surface area contributed by atoms with Crippen molar-refractivity contribution in [2.45, 2.75) is 23.6 Å². The van der Waals surface area contributed by atoms with Gasteiger partial charge in [0.05, 0.1) is 0 Å². The molecule has 0 fully saturated rings. The third-order valence-corrected chi connectivity index (χ3v) is 5.70. The maximum Gasteiger partial charge on any atom is 0.260 e. The van der Waals surface area contributed by atoms with Gasteiger partial charge in [0, 0.05) is 17.5 Å². The van der Waals surface area contributed by atoms with Crippen LogP contribution in [0.5, 0.6) is 0 Å². The lowest BCUT2D eigenvalue weighted by Crippen LogP contribution is -2.36. The first-order chi connectivity index (χ1) is 9.27. The van der Waals surface area contributed by atoms with Gasteiger partial charge in [-0.15, -0.1) is 0 Å². The molecule has 0 aliphatic rings. The zero-order chi connectivity index (χ0) is 15.0. The van der Waals surface area contributed by atoms with Crippen LogP contribution in [0.4, 0.5) is 5.82 Å². The van der Waals surface area contributed by atoms with Crippen LogP contribution >= 0.6 is 11.8 Å². The van der Waals surface area contributed by atoms with Gasteiger partial charge in [-0.05, 0) is 32.2 Å². The Bertz CT molecular complexity index is 722.